The molecule has 38 heavy (non-hydrogen) atoms. The highest BCUT2D eigenvalue weighted by Gasteiger charge is 2.56. The summed E-state index contributed by atoms with van der Waals surface area (Å²) < 4.78 is 56.4. The Bertz CT molecular complexity index is 1310. The number of para-hydroxylation sites is 1. The molecule has 1 spiro atoms. The molecule has 2 heterocycles. The first-order valence-electron chi connectivity index (χ1n) is 11.8. The van der Waals surface area contributed by atoms with Crippen molar-refractivity contribution in [3.05, 3.63) is 59.7 Å². The highest BCUT2D eigenvalue weighted by atomic mass is 19.4. The quantitative estimate of drug-likeness (QED) is 0.437. The number of carbonyl (C=O) groups is 3. The van der Waals surface area contributed by atoms with E-state index in [4.69, 9.17) is 6.42 Å². The molecule has 0 bridgehead atoms. The highest BCUT2D eigenvalue weighted by Crippen LogP contribution is 2.46. The first kappa shape index (κ1) is 27.0. The number of amides is 3. The number of nitrogens with zero attached hydrogens (tertiary/aromatic N) is 1. The van der Waals surface area contributed by atoms with E-state index in [2.05, 4.69) is 21.3 Å². The Kier molecular flexibility index (Phi) is 6.86. The van der Waals surface area contributed by atoms with E-state index in [1.807, 2.05) is 0 Å². The van der Waals surface area contributed by atoms with Crippen molar-refractivity contribution in [3.8, 4) is 18.1 Å². The smallest absolute Gasteiger partial charge is 0.406 e. The number of hydrogen-bond acceptors (Lipinski definition) is 4. The van der Waals surface area contributed by atoms with Crippen molar-refractivity contribution in [2.24, 2.45) is 0 Å². The van der Waals surface area contributed by atoms with Gasteiger partial charge in [-0.3, -0.25) is 14.4 Å². The average Bonchev–Trinajstić information content (AvgIpc) is 3.34. The molecule has 0 aromatic heterocycles. The van der Waals surface area contributed by atoms with Gasteiger partial charge in [-0.05, 0) is 50.1 Å². The summed E-state index contributed by atoms with van der Waals surface area (Å²) in [5.41, 5.74) is -1.94. The topological polar surface area (TPSA) is 87.7 Å². The molecule has 2 aromatic carbocycles. The fourth-order valence-corrected chi connectivity index (χ4v) is 4.98. The molecule has 3 amide bonds. The molecule has 0 saturated carbocycles. The third-order valence-corrected chi connectivity index (χ3v) is 6.58. The number of halogens is 4. The van der Waals surface area contributed by atoms with E-state index >= 15 is 0 Å². The van der Waals surface area contributed by atoms with E-state index in [-0.39, 0.29) is 24.4 Å². The molecular formula is C27H25F4N3O4. The van der Waals surface area contributed by atoms with Crippen LogP contribution in [0.25, 0.3) is 0 Å². The summed E-state index contributed by atoms with van der Waals surface area (Å²) >= 11 is 0. The van der Waals surface area contributed by atoms with Gasteiger partial charge >= 0.3 is 6.36 Å². The second kappa shape index (κ2) is 9.67. The molecule has 1 fully saturated rings. The fourth-order valence-electron chi connectivity index (χ4n) is 4.98. The van der Waals surface area contributed by atoms with Crippen LogP contribution in [-0.4, -0.2) is 53.3 Å². The molecule has 3 atom stereocenters. The summed E-state index contributed by atoms with van der Waals surface area (Å²) in [6, 6.07) is 9.10. The van der Waals surface area contributed by atoms with Gasteiger partial charge in [0.15, 0.2) is 0 Å². The predicted octanol–water partition coefficient (Wildman–Crippen LogP) is 3.95. The third kappa shape index (κ3) is 5.44. The van der Waals surface area contributed by atoms with E-state index < -0.39 is 53.5 Å². The number of carbonyl (C=O) groups excluding carboxylic acids is 3. The van der Waals surface area contributed by atoms with Crippen LogP contribution in [0.4, 0.5) is 23.2 Å². The van der Waals surface area contributed by atoms with E-state index in [0.29, 0.717) is 11.3 Å². The zero-order chi connectivity index (χ0) is 27.9. The van der Waals surface area contributed by atoms with E-state index in [0.717, 1.165) is 12.1 Å². The fraction of sp³-hybridized carbons (Fsp3) is 0.370. The number of ether oxygens (including phenoxy) is 1. The normalized spacial score (nSPS) is 21.4. The standard InChI is InChI=1S/C27H25F4N3O4/c1-4-17-13-26(19-10-5-6-11-20(19)33-24(26)37)15-34(17)23(36)21(14-25(2,3)28)32-22(35)16-8-7-9-18(12-16)38-27(29,30)31/h1,5-12,17,21H,13-15H2,2-3H3,(H,32,35)(H,33,37)/t17-,21+,26+/m1/s1. The molecule has 1 saturated heterocycles. The lowest BCUT2D eigenvalue weighted by Crippen LogP contribution is -2.52. The number of hydrogen-bond donors (Lipinski definition) is 2. The number of rotatable bonds is 6. The zero-order valence-corrected chi connectivity index (χ0v) is 20.6. The minimum Gasteiger partial charge on any atom is -0.406 e. The van der Waals surface area contributed by atoms with E-state index in [1.165, 1.54) is 30.9 Å². The van der Waals surface area contributed by atoms with Crippen LogP contribution < -0.4 is 15.4 Å². The average molecular weight is 532 g/mol. The molecule has 2 aromatic rings. The highest BCUT2D eigenvalue weighted by molar-refractivity contribution is 6.07. The van der Waals surface area contributed by atoms with Gasteiger partial charge in [-0.25, -0.2) is 4.39 Å². The molecule has 0 unspecified atom stereocenters. The van der Waals surface area contributed by atoms with Gasteiger partial charge in [0.25, 0.3) is 5.91 Å². The number of benzene rings is 2. The van der Waals surface area contributed by atoms with Crippen molar-refractivity contribution in [1.29, 1.82) is 0 Å². The lowest BCUT2D eigenvalue weighted by Gasteiger charge is -2.30. The second-order valence-corrected chi connectivity index (χ2v) is 9.96. The van der Waals surface area contributed by atoms with Gasteiger partial charge in [-0.2, -0.15) is 0 Å². The number of nitrogens with one attached hydrogen (secondary N) is 2. The molecule has 2 N–H and O–H groups in total. The van der Waals surface area contributed by atoms with Crippen molar-refractivity contribution >= 4 is 23.4 Å². The molecule has 11 heteroatoms. The molecule has 2 aliphatic rings. The van der Waals surface area contributed by atoms with E-state index in [1.54, 1.807) is 24.3 Å². The van der Waals surface area contributed by atoms with Crippen LogP contribution in [0.2, 0.25) is 0 Å². The Balaban J connectivity index is 1.61. The summed E-state index contributed by atoms with van der Waals surface area (Å²) in [5, 5.41) is 5.24. The molecule has 7 nitrogen and oxygen atoms in total. The zero-order valence-electron chi connectivity index (χ0n) is 20.6. The lowest BCUT2D eigenvalue weighted by molar-refractivity contribution is -0.274. The van der Waals surface area contributed by atoms with Gasteiger partial charge in [-0.1, -0.05) is 30.2 Å². The Morgan fingerprint density at radius 2 is 1.92 bits per heavy atom. The minimum atomic E-state index is -4.97. The largest absolute Gasteiger partial charge is 0.573 e. The van der Waals surface area contributed by atoms with Crippen LogP contribution in [0.3, 0.4) is 0 Å². The summed E-state index contributed by atoms with van der Waals surface area (Å²) in [7, 11) is 0. The van der Waals surface area contributed by atoms with Crippen LogP contribution in [0, 0.1) is 12.3 Å². The van der Waals surface area contributed by atoms with Gasteiger partial charge in [0.05, 0.1) is 11.5 Å². The van der Waals surface area contributed by atoms with Crippen LogP contribution in [0.1, 0.15) is 42.6 Å². The molecular weight excluding hydrogens is 506 g/mol. The monoisotopic (exact) mass is 531 g/mol. The van der Waals surface area contributed by atoms with Crippen LogP contribution in [-0.2, 0) is 15.0 Å². The van der Waals surface area contributed by atoms with Crippen LogP contribution >= 0.6 is 0 Å². The first-order valence-corrected chi connectivity index (χ1v) is 11.8. The second-order valence-electron chi connectivity index (χ2n) is 9.96. The number of likely N-dealkylation sites (tertiary alicyclic amines) is 1. The number of alkyl halides is 4. The Labute approximate surface area is 216 Å². The summed E-state index contributed by atoms with van der Waals surface area (Å²) in [4.78, 5) is 41.0. The maximum absolute atomic E-state index is 14.8. The van der Waals surface area contributed by atoms with Crippen molar-refractivity contribution in [2.45, 2.75) is 56.2 Å². The third-order valence-electron chi connectivity index (χ3n) is 6.58. The molecule has 200 valence electrons. The maximum Gasteiger partial charge on any atom is 0.573 e. The maximum atomic E-state index is 14.8. The lowest BCUT2D eigenvalue weighted by atomic mass is 9.79. The first-order chi connectivity index (χ1) is 17.7. The number of anilines is 1. The Hall–Kier alpha value is -4.07. The van der Waals surface area contributed by atoms with Crippen molar-refractivity contribution in [3.63, 3.8) is 0 Å². The summed E-state index contributed by atoms with van der Waals surface area (Å²) in [6.45, 7) is 2.36. The molecule has 0 radical (unpaired) electrons. The Morgan fingerprint density at radius 1 is 1.21 bits per heavy atom. The van der Waals surface area contributed by atoms with Crippen molar-refractivity contribution in [2.75, 3.05) is 11.9 Å². The van der Waals surface area contributed by atoms with E-state index in [9.17, 15) is 31.9 Å². The summed E-state index contributed by atoms with van der Waals surface area (Å²) in [5.74, 6) is -0.0307. The van der Waals surface area contributed by atoms with Crippen LogP contribution in [0.5, 0.6) is 5.75 Å². The van der Waals surface area contributed by atoms with Crippen LogP contribution in [0.15, 0.2) is 48.5 Å². The number of fused-ring (bicyclic) bond motifs is 2. The SMILES string of the molecule is C#C[C@@H]1C[C@@]2(CN1C(=O)[C@H](CC(C)(C)F)NC(=O)c1cccc(OC(F)(F)F)c1)C(=O)Nc1ccccc12. The number of terminal acetylenes is 1. The van der Waals surface area contributed by atoms with Gasteiger partial charge in [-0.15, -0.1) is 19.6 Å². The Morgan fingerprint density at radius 3 is 2.58 bits per heavy atom. The molecule has 2 aliphatic heterocycles. The van der Waals surface area contributed by atoms with Gasteiger partial charge in [0.2, 0.25) is 11.8 Å². The van der Waals surface area contributed by atoms with Gasteiger partial charge in [0.1, 0.15) is 17.5 Å². The predicted molar refractivity (Wildman–Crippen MR) is 130 cm³/mol. The summed E-state index contributed by atoms with van der Waals surface area (Å²) in [6.07, 6.45) is 0.446. The van der Waals surface area contributed by atoms with Crippen molar-refractivity contribution < 1.29 is 36.7 Å². The van der Waals surface area contributed by atoms with Crippen molar-refractivity contribution in [1.82, 2.24) is 10.2 Å². The van der Waals surface area contributed by atoms with Gasteiger partial charge in [0, 0.05) is 24.2 Å². The minimum absolute atomic E-state index is 0.0858. The molecule has 0 aliphatic carbocycles. The molecule has 4 rings (SSSR count). The van der Waals surface area contributed by atoms with Gasteiger partial charge < -0.3 is 20.3 Å².